The van der Waals surface area contributed by atoms with Crippen LogP contribution < -0.4 is 21.7 Å². The van der Waals surface area contributed by atoms with E-state index in [0.29, 0.717) is 42.1 Å². The fourth-order valence-corrected chi connectivity index (χ4v) is 6.71. The molecule has 0 aliphatic carbocycles. The Labute approximate surface area is 303 Å². The molecule has 0 bridgehead atoms. The van der Waals surface area contributed by atoms with Crippen LogP contribution in [0, 0.1) is 0 Å². The third-order valence-corrected chi connectivity index (χ3v) is 9.60. The predicted octanol–water partition coefficient (Wildman–Crippen LogP) is 7.98. The van der Waals surface area contributed by atoms with Crippen LogP contribution in [0.1, 0.15) is 81.0 Å². The Morgan fingerprint density at radius 2 is 1.47 bits per heavy atom. The third kappa shape index (κ3) is 12.0. The van der Waals surface area contributed by atoms with Gasteiger partial charge in [0.05, 0.1) is 30.2 Å². The zero-order valence-electron chi connectivity index (χ0n) is 28.8. The van der Waals surface area contributed by atoms with Gasteiger partial charge >= 0.3 is 0 Å². The van der Waals surface area contributed by atoms with Crippen molar-refractivity contribution in [2.45, 2.75) is 81.9 Å². The zero-order chi connectivity index (χ0) is 36.0. The Morgan fingerprint density at radius 1 is 0.765 bits per heavy atom. The Hall–Kier alpha value is -4.68. The van der Waals surface area contributed by atoms with Gasteiger partial charge in [0.1, 0.15) is 0 Å². The number of aliphatic hydroxyl groups excluding tert-OH is 1. The molecule has 1 aliphatic rings. The van der Waals surface area contributed by atoms with Crippen molar-refractivity contribution >= 4 is 52.2 Å². The summed E-state index contributed by atoms with van der Waals surface area (Å²) in [6.45, 7) is 1.46. The molecule has 1 heterocycles. The molecule has 51 heavy (non-hydrogen) atoms. The van der Waals surface area contributed by atoms with Gasteiger partial charge in [0, 0.05) is 53.8 Å². The number of anilines is 4. The molecule has 6 N–H and O–H groups in total. The second-order valence-electron chi connectivity index (χ2n) is 12.6. The fraction of sp³-hybridized carbons (Fsp3) is 0.325. The highest BCUT2D eigenvalue weighted by atomic mass is 32.2. The highest BCUT2D eigenvalue weighted by Crippen LogP contribution is 2.40. The van der Waals surface area contributed by atoms with Gasteiger partial charge < -0.3 is 36.3 Å². The Balaban J connectivity index is 1.13. The second kappa shape index (κ2) is 19.1. The van der Waals surface area contributed by atoms with E-state index in [1.807, 2.05) is 84.9 Å². The summed E-state index contributed by atoms with van der Waals surface area (Å²) >= 11 is 1.67. The molecule has 4 aromatic rings. The van der Waals surface area contributed by atoms with Crippen molar-refractivity contribution < 1.29 is 29.0 Å². The van der Waals surface area contributed by atoms with Crippen LogP contribution in [0.4, 0.5) is 22.7 Å². The Bertz CT molecular complexity index is 1750. The number of nitrogen functional groups attached to an aromatic ring is 1. The SMILES string of the molecule is CC(=O)Nc1ccc(SC[C@@H]2C[C@H](c3ccc(CO)cc3)O[C@H](c3cccc(NC(=O)CCCCCCC(=O)Nc4ccccc4N)c3)O2)cc1. The van der Waals surface area contributed by atoms with Crippen molar-refractivity contribution in [1.29, 1.82) is 0 Å². The number of benzene rings is 4. The summed E-state index contributed by atoms with van der Waals surface area (Å²) < 4.78 is 13.0. The van der Waals surface area contributed by atoms with E-state index in [4.69, 9.17) is 15.2 Å². The number of ether oxygens (including phenoxy) is 2. The van der Waals surface area contributed by atoms with Crippen molar-refractivity contribution in [1.82, 2.24) is 0 Å². The number of nitrogens with one attached hydrogen (secondary N) is 3. The lowest BCUT2D eigenvalue weighted by Gasteiger charge is -2.36. The summed E-state index contributed by atoms with van der Waals surface area (Å²) in [7, 11) is 0. The summed E-state index contributed by atoms with van der Waals surface area (Å²) in [5.41, 5.74) is 11.1. The van der Waals surface area contributed by atoms with Gasteiger partial charge in [-0.25, -0.2) is 0 Å². The van der Waals surface area contributed by atoms with Crippen molar-refractivity contribution in [2.75, 3.05) is 27.4 Å². The number of para-hydroxylation sites is 2. The van der Waals surface area contributed by atoms with Gasteiger partial charge in [0.2, 0.25) is 17.7 Å². The first kappa shape index (κ1) is 37.6. The molecule has 3 amide bonds. The molecule has 1 aliphatic heterocycles. The standard InChI is InChI=1S/C40H46N4O6S/c1-27(46)42-31-19-21-34(22-20-31)51-26-33-24-37(29-17-15-28(25-45)16-18-29)50-40(49-33)30-9-8-10-32(23-30)43-38(47)13-4-2-3-5-14-39(48)44-36-12-7-6-11-35(36)41/h6-12,15-23,33,37,40,45H,2-5,13-14,24-26,41H2,1H3,(H,42,46)(H,43,47)(H,44,48)/t33-,37+,40+/m0/s1. The molecule has 0 spiro atoms. The Morgan fingerprint density at radius 3 is 2.16 bits per heavy atom. The molecule has 11 heteroatoms. The molecule has 4 aromatic carbocycles. The van der Waals surface area contributed by atoms with Crippen LogP contribution in [0.5, 0.6) is 0 Å². The molecule has 5 rings (SSSR count). The van der Waals surface area contributed by atoms with E-state index in [1.54, 1.807) is 23.9 Å². The number of hydrogen-bond donors (Lipinski definition) is 5. The average Bonchev–Trinajstić information content (AvgIpc) is 3.13. The van der Waals surface area contributed by atoms with E-state index in [1.165, 1.54) is 6.92 Å². The maximum absolute atomic E-state index is 12.8. The van der Waals surface area contributed by atoms with Gasteiger partial charge in [0.25, 0.3) is 0 Å². The van der Waals surface area contributed by atoms with Crippen LogP contribution in [-0.4, -0.2) is 34.7 Å². The number of hydrogen-bond acceptors (Lipinski definition) is 8. The maximum Gasteiger partial charge on any atom is 0.224 e. The number of rotatable bonds is 16. The van der Waals surface area contributed by atoms with Crippen molar-refractivity contribution in [3.8, 4) is 0 Å². The maximum atomic E-state index is 12.8. The first-order valence-corrected chi connectivity index (χ1v) is 18.3. The lowest BCUT2D eigenvalue weighted by atomic mass is 10.0. The highest BCUT2D eigenvalue weighted by Gasteiger charge is 2.32. The number of carbonyl (C=O) groups excluding carboxylic acids is 3. The summed E-state index contributed by atoms with van der Waals surface area (Å²) in [5.74, 6) is 0.435. The molecule has 1 saturated heterocycles. The lowest BCUT2D eigenvalue weighted by Crippen LogP contribution is -2.31. The lowest BCUT2D eigenvalue weighted by molar-refractivity contribution is -0.245. The van der Waals surface area contributed by atoms with Crippen LogP contribution >= 0.6 is 11.8 Å². The molecule has 10 nitrogen and oxygen atoms in total. The number of thioether (sulfide) groups is 1. The average molecular weight is 711 g/mol. The minimum absolute atomic E-state index is 0.0276. The van der Waals surface area contributed by atoms with Gasteiger partial charge in [-0.15, -0.1) is 11.8 Å². The molecular formula is C40H46N4O6S. The van der Waals surface area contributed by atoms with E-state index in [-0.39, 0.29) is 36.5 Å². The number of aliphatic hydroxyl groups is 1. The number of nitrogens with two attached hydrogens (primary N) is 1. The van der Waals surface area contributed by atoms with Crippen molar-refractivity contribution in [3.05, 3.63) is 114 Å². The fourth-order valence-electron chi connectivity index (χ4n) is 5.78. The molecular weight excluding hydrogens is 665 g/mol. The van der Waals surface area contributed by atoms with Crippen LogP contribution in [0.2, 0.25) is 0 Å². The molecule has 0 radical (unpaired) electrons. The van der Waals surface area contributed by atoms with Gasteiger partial charge in [-0.3, -0.25) is 14.4 Å². The monoisotopic (exact) mass is 710 g/mol. The first-order chi connectivity index (χ1) is 24.7. The van der Waals surface area contributed by atoms with E-state index < -0.39 is 6.29 Å². The Kier molecular flexibility index (Phi) is 14.1. The summed E-state index contributed by atoms with van der Waals surface area (Å²) in [6, 6.07) is 30.2. The minimum Gasteiger partial charge on any atom is -0.397 e. The highest BCUT2D eigenvalue weighted by molar-refractivity contribution is 7.99. The van der Waals surface area contributed by atoms with E-state index in [9.17, 15) is 19.5 Å². The topological polar surface area (TPSA) is 152 Å². The van der Waals surface area contributed by atoms with Gasteiger partial charge in [-0.05, 0) is 72.5 Å². The molecule has 0 unspecified atom stereocenters. The minimum atomic E-state index is -0.651. The van der Waals surface area contributed by atoms with Crippen LogP contribution in [0.3, 0.4) is 0 Å². The number of carbonyl (C=O) groups is 3. The van der Waals surface area contributed by atoms with Crippen LogP contribution in [0.15, 0.2) is 102 Å². The largest absolute Gasteiger partial charge is 0.397 e. The quantitative estimate of drug-likeness (QED) is 0.0446. The normalized spacial score (nSPS) is 17.0. The van der Waals surface area contributed by atoms with Gasteiger partial charge in [-0.1, -0.05) is 61.4 Å². The van der Waals surface area contributed by atoms with Crippen molar-refractivity contribution in [2.24, 2.45) is 0 Å². The number of unbranched alkanes of at least 4 members (excludes halogenated alkanes) is 3. The van der Waals surface area contributed by atoms with E-state index in [0.717, 1.165) is 53.0 Å². The zero-order valence-corrected chi connectivity index (χ0v) is 29.6. The molecule has 0 saturated carbocycles. The summed E-state index contributed by atoms with van der Waals surface area (Å²) in [5, 5.41) is 18.2. The predicted molar refractivity (Wildman–Crippen MR) is 202 cm³/mol. The van der Waals surface area contributed by atoms with Gasteiger partial charge in [0.15, 0.2) is 6.29 Å². The third-order valence-electron chi connectivity index (χ3n) is 8.46. The van der Waals surface area contributed by atoms with E-state index >= 15 is 0 Å². The molecule has 3 atom stereocenters. The van der Waals surface area contributed by atoms with Gasteiger partial charge in [-0.2, -0.15) is 0 Å². The van der Waals surface area contributed by atoms with Crippen molar-refractivity contribution in [3.63, 3.8) is 0 Å². The smallest absolute Gasteiger partial charge is 0.224 e. The molecule has 268 valence electrons. The summed E-state index contributed by atoms with van der Waals surface area (Å²) in [6.07, 6.45) is 3.57. The molecule has 1 fully saturated rings. The molecule has 0 aromatic heterocycles. The number of amides is 3. The van der Waals surface area contributed by atoms with E-state index in [2.05, 4.69) is 16.0 Å². The van der Waals surface area contributed by atoms with Crippen LogP contribution in [-0.2, 0) is 30.5 Å². The second-order valence-corrected chi connectivity index (χ2v) is 13.7. The van der Waals surface area contributed by atoms with Crippen LogP contribution in [0.25, 0.3) is 0 Å². The first-order valence-electron chi connectivity index (χ1n) is 17.3. The summed E-state index contributed by atoms with van der Waals surface area (Å²) in [4.78, 5) is 37.5.